The predicted octanol–water partition coefficient (Wildman–Crippen LogP) is 4.10. The Bertz CT molecular complexity index is 762. The maximum atomic E-state index is 12.5. The zero-order valence-electron chi connectivity index (χ0n) is 14.2. The molecule has 1 aromatic carbocycles. The minimum Gasteiger partial charge on any atom is -0.347 e. The van der Waals surface area contributed by atoms with Gasteiger partial charge in [0.15, 0.2) is 0 Å². The molecule has 1 aromatic heterocycles. The monoisotopic (exact) mass is 420 g/mol. The Hall–Kier alpha value is -1.66. The topological polar surface area (TPSA) is 49.4 Å². The predicted molar refractivity (Wildman–Crippen MR) is 104 cm³/mol. The summed E-state index contributed by atoms with van der Waals surface area (Å²) in [5.74, 6) is 0.829. The van der Waals surface area contributed by atoms with E-state index in [0.717, 1.165) is 15.8 Å². The Balaban J connectivity index is 1.63. The molecule has 2 aromatic rings. The summed E-state index contributed by atoms with van der Waals surface area (Å²) in [6, 6.07) is 13.7. The molecule has 0 saturated heterocycles. The van der Waals surface area contributed by atoms with Crippen LogP contribution in [0.2, 0.25) is 0 Å². The number of carbonyl (C=O) groups is 2. The normalized spacial score (nSPS) is 20.0. The maximum absolute atomic E-state index is 12.5. The van der Waals surface area contributed by atoms with Crippen molar-refractivity contribution in [3.8, 4) is 0 Å². The Kier molecular flexibility index (Phi) is 5.59. The zero-order chi connectivity index (χ0) is 18.0. The number of rotatable bonds is 6. The van der Waals surface area contributed by atoms with Gasteiger partial charge in [0.2, 0.25) is 5.91 Å². The summed E-state index contributed by atoms with van der Waals surface area (Å²) < 4.78 is 0.903. The van der Waals surface area contributed by atoms with Gasteiger partial charge < -0.3 is 10.2 Å². The van der Waals surface area contributed by atoms with E-state index < -0.39 is 0 Å². The lowest BCUT2D eigenvalue weighted by atomic mass is 10.0. The minimum atomic E-state index is -0.137. The highest BCUT2D eigenvalue weighted by atomic mass is 79.9. The number of benzene rings is 1. The quantitative estimate of drug-likeness (QED) is 0.764. The highest BCUT2D eigenvalue weighted by Gasteiger charge is 2.41. The van der Waals surface area contributed by atoms with E-state index in [1.807, 2.05) is 36.4 Å². The number of nitrogens with zero attached hydrogens (tertiary/aromatic N) is 1. The van der Waals surface area contributed by atoms with Crippen LogP contribution in [0.15, 0.2) is 46.3 Å². The van der Waals surface area contributed by atoms with E-state index in [9.17, 15) is 9.59 Å². The molecule has 3 atom stereocenters. The summed E-state index contributed by atoms with van der Waals surface area (Å²) in [7, 11) is 1.66. The minimum absolute atomic E-state index is 0.0167. The number of likely N-dealkylation sites (N-methyl/N-ethyl adjacent to an activating group) is 1. The first-order chi connectivity index (χ1) is 12.0. The van der Waals surface area contributed by atoms with Gasteiger partial charge in [0.1, 0.15) is 0 Å². The number of halogens is 1. The largest absolute Gasteiger partial charge is 0.347 e. The first-order valence-electron chi connectivity index (χ1n) is 8.31. The fourth-order valence-electron chi connectivity index (χ4n) is 3.04. The Labute approximate surface area is 160 Å². The lowest BCUT2D eigenvalue weighted by molar-refractivity contribution is -0.122. The SMILES string of the molecule is CC1CC1C(NC(=O)CN(C)C(=O)c1ccc(Br)s1)c1ccccc1. The number of thiophene rings is 1. The van der Waals surface area contributed by atoms with Crippen molar-refractivity contribution in [3.63, 3.8) is 0 Å². The Morgan fingerprint density at radius 1 is 1.28 bits per heavy atom. The average Bonchev–Trinajstić information content (AvgIpc) is 3.16. The van der Waals surface area contributed by atoms with Crippen molar-refractivity contribution in [1.29, 1.82) is 0 Å². The van der Waals surface area contributed by atoms with Gasteiger partial charge in [-0.05, 0) is 51.9 Å². The van der Waals surface area contributed by atoms with Gasteiger partial charge in [0.25, 0.3) is 5.91 Å². The van der Waals surface area contributed by atoms with E-state index in [1.54, 1.807) is 13.1 Å². The molecule has 6 heteroatoms. The maximum Gasteiger partial charge on any atom is 0.264 e. The van der Waals surface area contributed by atoms with E-state index in [0.29, 0.717) is 16.7 Å². The third-order valence-corrected chi connectivity index (χ3v) is 6.20. The van der Waals surface area contributed by atoms with Crippen molar-refractivity contribution in [2.75, 3.05) is 13.6 Å². The molecule has 3 unspecified atom stereocenters. The molecule has 132 valence electrons. The molecule has 1 saturated carbocycles. The summed E-state index contributed by atoms with van der Waals surface area (Å²) in [4.78, 5) is 27.0. The van der Waals surface area contributed by atoms with Gasteiger partial charge in [0, 0.05) is 7.05 Å². The molecule has 3 rings (SSSR count). The smallest absolute Gasteiger partial charge is 0.264 e. The van der Waals surface area contributed by atoms with Gasteiger partial charge in [-0.2, -0.15) is 0 Å². The summed E-state index contributed by atoms with van der Waals surface area (Å²) in [6.07, 6.45) is 1.12. The van der Waals surface area contributed by atoms with Crippen LogP contribution in [0.25, 0.3) is 0 Å². The van der Waals surface area contributed by atoms with E-state index >= 15 is 0 Å². The molecule has 1 heterocycles. The molecule has 0 spiro atoms. The van der Waals surface area contributed by atoms with Crippen LogP contribution in [0.1, 0.15) is 34.6 Å². The van der Waals surface area contributed by atoms with Crippen LogP contribution in [-0.2, 0) is 4.79 Å². The van der Waals surface area contributed by atoms with E-state index in [-0.39, 0.29) is 24.4 Å². The Morgan fingerprint density at radius 3 is 2.52 bits per heavy atom. The molecule has 25 heavy (non-hydrogen) atoms. The summed E-state index contributed by atoms with van der Waals surface area (Å²) >= 11 is 4.73. The van der Waals surface area contributed by atoms with Crippen LogP contribution in [0.3, 0.4) is 0 Å². The van der Waals surface area contributed by atoms with Crippen LogP contribution in [0.5, 0.6) is 0 Å². The Morgan fingerprint density at radius 2 is 1.96 bits per heavy atom. The average molecular weight is 421 g/mol. The number of hydrogen-bond donors (Lipinski definition) is 1. The lowest BCUT2D eigenvalue weighted by Crippen LogP contribution is -2.40. The number of nitrogens with one attached hydrogen (secondary N) is 1. The van der Waals surface area contributed by atoms with E-state index in [4.69, 9.17) is 0 Å². The van der Waals surface area contributed by atoms with Crippen molar-refractivity contribution in [2.24, 2.45) is 11.8 Å². The van der Waals surface area contributed by atoms with Gasteiger partial charge >= 0.3 is 0 Å². The van der Waals surface area contributed by atoms with Crippen molar-refractivity contribution < 1.29 is 9.59 Å². The second-order valence-corrected chi connectivity index (χ2v) is 9.06. The van der Waals surface area contributed by atoms with Crippen molar-refractivity contribution >= 4 is 39.1 Å². The zero-order valence-corrected chi connectivity index (χ0v) is 16.6. The molecule has 4 nitrogen and oxygen atoms in total. The van der Waals surface area contributed by atoms with Crippen LogP contribution in [0.4, 0.5) is 0 Å². The van der Waals surface area contributed by atoms with Gasteiger partial charge in [-0.3, -0.25) is 9.59 Å². The molecule has 1 aliphatic carbocycles. The van der Waals surface area contributed by atoms with Crippen LogP contribution < -0.4 is 5.32 Å². The highest BCUT2D eigenvalue weighted by molar-refractivity contribution is 9.11. The molecular formula is C19H21BrN2O2S. The first kappa shape index (κ1) is 18.1. The number of hydrogen-bond acceptors (Lipinski definition) is 3. The molecule has 2 amide bonds. The van der Waals surface area contributed by atoms with Crippen LogP contribution in [-0.4, -0.2) is 30.3 Å². The third-order valence-electron chi connectivity index (χ3n) is 4.59. The molecule has 0 aliphatic heterocycles. The van der Waals surface area contributed by atoms with Crippen molar-refractivity contribution in [3.05, 3.63) is 56.7 Å². The van der Waals surface area contributed by atoms with Crippen LogP contribution in [0, 0.1) is 11.8 Å². The fraction of sp³-hybridized carbons (Fsp3) is 0.368. The number of amides is 2. The second-order valence-electron chi connectivity index (χ2n) is 6.60. The third kappa shape index (κ3) is 4.50. The summed E-state index contributed by atoms with van der Waals surface area (Å²) in [6.45, 7) is 2.26. The summed E-state index contributed by atoms with van der Waals surface area (Å²) in [5.41, 5.74) is 1.13. The standard InChI is InChI=1S/C19H21BrN2O2S/c1-12-10-14(12)18(13-6-4-3-5-7-13)21-17(23)11-22(2)19(24)15-8-9-16(20)25-15/h3-9,12,14,18H,10-11H2,1-2H3,(H,21,23). The van der Waals surface area contributed by atoms with Gasteiger partial charge in [-0.25, -0.2) is 0 Å². The first-order valence-corrected chi connectivity index (χ1v) is 9.91. The molecule has 1 aliphatic rings. The molecule has 0 bridgehead atoms. The molecule has 0 radical (unpaired) electrons. The van der Waals surface area contributed by atoms with Crippen molar-refractivity contribution in [1.82, 2.24) is 10.2 Å². The molecule has 1 fully saturated rings. The number of carbonyl (C=O) groups excluding carboxylic acids is 2. The van der Waals surface area contributed by atoms with Crippen LogP contribution >= 0.6 is 27.3 Å². The fourth-order valence-corrected chi connectivity index (χ4v) is 4.42. The van der Waals surface area contributed by atoms with Crippen molar-refractivity contribution in [2.45, 2.75) is 19.4 Å². The molecule has 1 N–H and O–H groups in total. The summed E-state index contributed by atoms with van der Waals surface area (Å²) in [5, 5.41) is 3.13. The highest BCUT2D eigenvalue weighted by Crippen LogP contribution is 2.46. The molecular weight excluding hydrogens is 400 g/mol. The van der Waals surface area contributed by atoms with Gasteiger partial charge in [0.05, 0.1) is 21.3 Å². The van der Waals surface area contributed by atoms with Gasteiger partial charge in [-0.1, -0.05) is 37.3 Å². The lowest BCUT2D eigenvalue weighted by Gasteiger charge is -2.22. The second kappa shape index (κ2) is 7.70. The van der Waals surface area contributed by atoms with E-state index in [2.05, 4.69) is 28.2 Å². The van der Waals surface area contributed by atoms with Gasteiger partial charge in [-0.15, -0.1) is 11.3 Å². The van der Waals surface area contributed by atoms with E-state index in [1.165, 1.54) is 16.2 Å².